The van der Waals surface area contributed by atoms with E-state index in [1.54, 1.807) is 25.1 Å². The van der Waals surface area contributed by atoms with Gasteiger partial charge >= 0.3 is 0 Å². The maximum Gasteiger partial charge on any atom is 0.264 e. The normalized spacial score (nSPS) is 19.5. The number of carbonyl (C=O) groups is 1. The molecule has 1 amide bonds. The minimum Gasteiger partial charge on any atom is -0.480 e. The van der Waals surface area contributed by atoms with Crippen molar-refractivity contribution in [3.63, 3.8) is 0 Å². The molecule has 4 heteroatoms. The number of carbonyl (C=O) groups excluding carboxylic acids is 1. The molecule has 0 aliphatic heterocycles. The maximum atomic E-state index is 13.4. The van der Waals surface area contributed by atoms with Crippen molar-refractivity contribution < 1.29 is 9.53 Å². The van der Waals surface area contributed by atoms with Gasteiger partial charge in [0.2, 0.25) is 0 Å². The molecule has 0 saturated heterocycles. The third-order valence-corrected chi connectivity index (χ3v) is 5.53. The van der Waals surface area contributed by atoms with Gasteiger partial charge in [0.05, 0.1) is 11.6 Å². The summed E-state index contributed by atoms with van der Waals surface area (Å²) < 4.78 is 5.92. The fourth-order valence-corrected chi connectivity index (χ4v) is 4.07. The molecule has 27 heavy (non-hydrogen) atoms. The van der Waals surface area contributed by atoms with Crippen molar-refractivity contribution in [3.8, 4) is 11.8 Å². The van der Waals surface area contributed by atoms with Crippen LogP contribution < -0.4 is 4.74 Å². The average molecular weight is 360 g/mol. The van der Waals surface area contributed by atoms with Crippen molar-refractivity contribution in [2.75, 3.05) is 0 Å². The Bertz CT molecular complexity index is 882. The molecule has 2 aliphatic carbocycles. The van der Waals surface area contributed by atoms with E-state index in [1.165, 1.54) is 11.1 Å². The van der Waals surface area contributed by atoms with E-state index < -0.39 is 6.10 Å². The molecule has 0 heterocycles. The van der Waals surface area contributed by atoms with Gasteiger partial charge in [0.15, 0.2) is 6.10 Å². The summed E-state index contributed by atoms with van der Waals surface area (Å²) in [5, 5.41) is 9.27. The van der Waals surface area contributed by atoms with Crippen molar-refractivity contribution in [1.82, 2.24) is 4.90 Å². The van der Waals surface area contributed by atoms with Crippen molar-refractivity contribution in [2.24, 2.45) is 0 Å². The molecular formula is C23H24N2O2. The van der Waals surface area contributed by atoms with Gasteiger partial charge in [0.1, 0.15) is 11.8 Å². The highest BCUT2D eigenvalue weighted by Crippen LogP contribution is 2.41. The number of hydrogen-bond acceptors (Lipinski definition) is 3. The van der Waals surface area contributed by atoms with Gasteiger partial charge in [0, 0.05) is 6.04 Å². The molecule has 2 atom stereocenters. The highest BCUT2D eigenvalue weighted by molar-refractivity contribution is 5.82. The Morgan fingerprint density at radius 2 is 1.89 bits per heavy atom. The van der Waals surface area contributed by atoms with E-state index >= 15 is 0 Å². The summed E-state index contributed by atoms with van der Waals surface area (Å²) in [5.41, 5.74) is 3.10. The second-order valence-corrected chi connectivity index (χ2v) is 7.45. The third kappa shape index (κ3) is 3.55. The number of nitrogens with zero attached hydrogens (tertiary/aromatic N) is 2. The minimum atomic E-state index is -0.616. The lowest BCUT2D eigenvalue weighted by atomic mass is 9.86. The molecule has 0 spiro atoms. The average Bonchev–Trinajstić information content (AvgIpc) is 3.53. The molecule has 4 nitrogen and oxygen atoms in total. The second kappa shape index (κ2) is 7.44. The van der Waals surface area contributed by atoms with Gasteiger partial charge in [-0.25, -0.2) is 0 Å². The zero-order chi connectivity index (χ0) is 18.8. The van der Waals surface area contributed by atoms with E-state index in [2.05, 4.69) is 35.2 Å². The Balaban J connectivity index is 1.58. The van der Waals surface area contributed by atoms with Crippen LogP contribution in [0, 0.1) is 11.3 Å². The van der Waals surface area contributed by atoms with Crippen LogP contribution in [0.1, 0.15) is 55.3 Å². The van der Waals surface area contributed by atoms with Gasteiger partial charge in [-0.1, -0.05) is 36.4 Å². The van der Waals surface area contributed by atoms with Gasteiger partial charge < -0.3 is 9.64 Å². The molecule has 4 rings (SSSR count). The van der Waals surface area contributed by atoms with Gasteiger partial charge in [-0.2, -0.15) is 5.26 Å². The number of nitriles is 1. The standard InChI is InChI=1S/C23H24N2O2/c1-16(27-22-12-5-3-8-18(22)15-24)23(26)25(19-13-14-19)21-11-6-9-17-7-2-4-10-20(17)21/h2-5,7-8,10,12,16,19,21H,6,9,11,13-14H2,1H3. The predicted octanol–water partition coefficient (Wildman–Crippen LogP) is 4.39. The fourth-order valence-electron chi connectivity index (χ4n) is 4.07. The van der Waals surface area contributed by atoms with Crippen LogP contribution >= 0.6 is 0 Å². The minimum absolute atomic E-state index is 0.0203. The summed E-state index contributed by atoms with van der Waals surface area (Å²) in [6, 6.07) is 18.1. The molecule has 2 aromatic carbocycles. The second-order valence-electron chi connectivity index (χ2n) is 7.45. The molecule has 0 N–H and O–H groups in total. The summed E-state index contributed by atoms with van der Waals surface area (Å²) >= 11 is 0. The first-order valence-corrected chi connectivity index (χ1v) is 9.75. The van der Waals surface area contributed by atoms with Crippen LogP contribution in [0.2, 0.25) is 0 Å². The van der Waals surface area contributed by atoms with E-state index in [-0.39, 0.29) is 11.9 Å². The van der Waals surface area contributed by atoms with E-state index in [4.69, 9.17) is 4.74 Å². The van der Waals surface area contributed by atoms with Crippen LogP contribution in [0.25, 0.3) is 0 Å². The molecule has 138 valence electrons. The lowest BCUT2D eigenvalue weighted by Gasteiger charge is -2.37. The molecule has 2 unspecified atom stereocenters. The zero-order valence-electron chi connectivity index (χ0n) is 15.6. The zero-order valence-corrected chi connectivity index (χ0v) is 15.6. The number of rotatable bonds is 5. The molecular weight excluding hydrogens is 336 g/mol. The monoisotopic (exact) mass is 360 g/mol. The number of amides is 1. The number of hydrogen-bond donors (Lipinski definition) is 0. The summed E-state index contributed by atoms with van der Waals surface area (Å²) in [5.74, 6) is 0.493. The first-order valence-electron chi connectivity index (χ1n) is 9.75. The number of benzene rings is 2. The molecule has 1 fully saturated rings. The molecule has 2 aliphatic rings. The van der Waals surface area contributed by atoms with Crippen molar-refractivity contribution in [2.45, 2.75) is 57.2 Å². The van der Waals surface area contributed by atoms with Gasteiger partial charge in [-0.15, -0.1) is 0 Å². The van der Waals surface area contributed by atoms with Crippen molar-refractivity contribution in [3.05, 3.63) is 65.2 Å². The first-order chi connectivity index (χ1) is 13.2. The smallest absolute Gasteiger partial charge is 0.264 e. The lowest BCUT2D eigenvalue weighted by molar-refractivity contribution is -0.141. The van der Waals surface area contributed by atoms with Crippen LogP contribution in [0.15, 0.2) is 48.5 Å². The summed E-state index contributed by atoms with van der Waals surface area (Å²) in [7, 11) is 0. The topological polar surface area (TPSA) is 53.3 Å². The van der Waals surface area contributed by atoms with Gasteiger partial charge in [-0.3, -0.25) is 4.79 Å². The molecule has 2 aromatic rings. The van der Waals surface area contributed by atoms with Crippen molar-refractivity contribution in [1.29, 1.82) is 5.26 Å². The Kier molecular flexibility index (Phi) is 4.85. The molecule has 0 aromatic heterocycles. The van der Waals surface area contributed by atoms with Crippen LogP contribution in [0.5, 0.6) is 5.75 Å². The number of ether oxygens (including phenoxy) is 1. The predicted molar refractivity (Wildman–Crippen MR) is 103 cm³/mol. The summed E-state index contributed by atoms with van der Waals surface area (Å²) in [4.78, 5) is 15.4. The number of aryl methyl sites for hydroxylation is 1. The molecule has 1 saturated carbocycles. The summed E-state index contributed by atoms with van der Waals surface area (Å²) in [6.07, 6.45) is 4.69. The van der Waals surface area contributed by atoms with Crippen molar-refractivity contribution >= 4 is 5.91 Å². The maximum absolute atomic E-state index is 13.4. The van der Waals surface area contributed by atoms with Crippen LogP contribution in [0.3, 0.4) is 0 Å². The fraction of sp³-hybridized carbons (Fsp3) is 0.391. The summed E-state index contributed by atoms with van der Waals surface area (Å²) in [6.45, 7) is 1.79. The van der Waals surface area contributed by atoms with Gasteiger partial charge in [-0.05, 0) is 62.3 Å². The van der Waals surface area contributed by atoms with E-state index in [0.29, 0.717) is 17.4 Å². The first kappa shape index (κ1) is 17.6. The Hall–Kier alpha value is -2.80. The molecule has 0 bridgehead atoms. The van der Waals surface area contributed by atoms with Crippen LogP contribution in [0.4, 0.5) is 0 Å². The Morgan fingerprint density at radius 1 is 1.15 bits per heavy atom. The largest absolute Gasteiger partial charge is 0.480 e. The highest BCUT2D eigenvalue weighted by atomic mass is 16.5. The van der Waals surface area contributed by atoms with E-state index in [1.807, 2.05) is 6.07 Å². The third-order valence-electron chi connectivity index (χ3n) is 5.53. The lowest BCUT2D eigenvalue weighted by Crippen LogP contribution is -2.45. The van der Waals surface area contributed by atoms with Crippen LogP contribution in [-0.4, -0.2) is 23.0 Å². The quantitative estimate of drug-likeness (QED) is 0.794. The number of fused-ring (bicyclic) bond motifs is 1. The Labute approximate surface area is 160 Å². The highest BCUT2D eigenvalue weighted by Gasteiger charge is 2.41. The SMILES string of the molecule is CC(Oc1ccccc1C#N)C(=O)N(C1CC1)C1CCCc2ccccc21. The van der Waals surface area contributed by atoms with Gasteiger partial charge in [0.25, 0.3) is 5.91 Å². The van der Waals surface area contributed by atoms with E-state index in [0.717, 1.165) is 32.1 Å². The number of para-hydroxylation sites is 1. The molecule has 0 radical (unpaired) electrons. The van der Waals surface area contributed by atoms with Crippen LogP contribution in [-0.2, 0) is 11.2 Å². The van der Waals surface area contributed by atoms with E-state index in [9.17, 15) is 10.1 Å². The Morgan fingerprint density at radius 3 is 2.67 bits per heavy atom.